The molecule has 1 aromatic carbocycles. The van der Waals surface area contributed by atoms with Crippen molar-refractivity contribution in [1.29, 1.82) is 0 Å². The smallest absolute Gasteiger partial charge is 0.282 e. The first-order valence-electron chi connectivity index (χ1n) is 9.77. The topological polar surface area (TPSA) is 29.1 Å². The summed E-state index contributed by atoms with van der Waals surface area (Å²) in [6, 6.07) is 6.30. The van der Waals surface area contributed by atoms with Crippen LogP contribution in [0.15, 0.2) is 18.2 Å². The molecule has 1 aliphatic heterocycles. The number of nitrogens with zero attached hydrogens (tertiary/aromatic N) is 1. The molecule has 1 atom stereocenters. The van der Waals surface area contributed by atoms with E-state index in [0.29, 0.717) is 0 Å². The van der Waals surface area contributed by atoms with Crippen LogP contribution in [0.2, 0.25) is 0 Å². The first-order chi connectivity index (χ1) is 11.5. The summed E-state index contributed by atoms with van der Waals surface area (Å²) in [6.45, 7) is 12.1. The van der Waals surface area contributed by atoms with Crippen LogP contribution in [0.4, 0.5) is 5.69 Å². The van der Waals surface area contributed by atoms with Crippen LogP contribution in [0.25, 0.3) is 0 Å². The standard InChI is InChI=1S/C21H34N2O/c1-5-11-19(23(14-6-2)15-8-7-9-16-23)21(24)22-20-17(3)12-10-13-18(20)4/h10,12-13,19H,5-9,11,14-16H2,1-4H3/p+1. The molecule has 2 rings (SSSR count). The van der Waals surface area contributed by atoms with Gasteiger partial charge in [0, 0.05) is 12.1 Å². The first-order valence-corrected chi connectivity index (χ1v) is 9.77. The second-order valence-corrected chi connectivity index (χ2v) is 7.51. The minimum atomic E-state index is 0.0919. The molecule has 1 aliphatic rings. The fraction of sp³-hybridized carbons (Fsp3) is 0.667. The number of hydrogen-bond acceptors (Lipinski definition) is 1. The average Bonchev–Trinajstić information content (AvgIpc) is 2.57. The summed E-state index contributed by atoms with van der Waals surface area (Å²) in [5, 5.41) is 3.29. The lowest BCUT2D eigenvalue weighted by molar-refractivity contribution is -0.947. The zero-order valence-electron chi connectivity index (χ0n) is 16.0. The molecule has 1 saturated heterocycles. The molecule has 1 N–H and O–H groups in total. The van der Waals surface area contributed by atoms with E-state index in [1.807, 2.05) is 0 Å². The maximum Gasteiger partial charge on any atom is 0.282 e. The molecule has 134 valence electrons. The van der Waals surface area contributed by atoms with Gasteiger partial charge in [0.15, 0.2) is 6.04 Å². The summed E-state index contributed by atoms with van der Waals surface area (Å²) in [5.41, 5.74) is 3.31. The molecule has 0 radical (unpaired) electrons. The Balaban J connectivity index is 2.26. The number of quaternary nitrogens is 1. The highest BCUT2D eigenvalue weighted by Crippen LogP contribution is 2.28. The van der Waals surface area contributed by atoms with Crippen molar-refractivity contribution in [3.63, 3.8) is 0 Å². The summed E-state index contributed by atoms with van der Waals surface area (Å²) in [6.07, 6.45) is 7.04. The van der Waals surface area contributed by atoms with E-state index in [1.54, 1.807) is 0 Å². The summed E-state index contributed by atoms with van der Waals surface area (Å²) < 4.78 is 1.00. The Labute approximate surface area is 148 Å². The quantitative estimate of drug-likeness (QED) is 0.713. The number of para-hydroxylation sites is 1. The average molecular weight is 332 g/mol. The molecule has 24 heavy (non-hydrogen) atoms. The lowest BCUT2D eigenvalue weighted by atomic mass is 9.98. The SMILES string of the molecule is CCCC(C(=O)Nc1c(C)cccc1C)[N+]1(CCC)CCCCC1. The summed E-state index contributed by atoms with van der Waals surface area (Å²) in [4.78, 5) is 13.3. The number of carbonyl (C=O) groups excluding carboxylic acids is 1. The second kappa shape index (κ2) is 8.66. The molecule has 1 fully saturated rings. The Bertz CT molecular complexity index is 521. The largest absolute Gasteiger partial charge is 0.320 e. The van der Waals surface area contributed by atoms with Crippen LogP contribution in [0.1, 0.15) is 63.5 Å². The van der Waals surface area contributed by atoms with Crippen LogP contribution >= 0.6 is 0 Å². The maximum atomic E-state index is 13.3. The molecule has 3 heteroatoms. The molecule has 0 spiro atoms. The van der Waals surface area contributed by atoms with Gasteiger partial charge in [0.1, 0.15) is 0 Å². The van der Waals surface area contributed by atoms with Crippen LogP contribution in [0.3, 0.4) is 0 Å². The Hall–Kier alpha value is -1.35. The van der Waals surface area contributed by atoms with E-state index in [1.165, 1.54) is 32.4 Å². The van der Waals surface area contributed by atoms with Crippen molar-refractivity contribution in [2.75, 3.05) is 25.0 Å². The summed E-state index contributed by atoms with van der Waals surface area (Å²) in [5.74, 6) is 0.226. The van der Waals surface area contributed by atoms with Gasteiger partial charge in [0.05, 0.1) is 19.6 Å². The lowest BCUT2D eigenvalue weighted by Crippen LogP contribution is -2.62. The molecule has 1 amide bonds. The van der Waals surface area contributed by atoms with Gasteiger partial charge in [-0.15, -0.1) is 0 Å². The van der Waals surface area contributed by atoms with Gasteiger partial charge in [0.25, 0.3) is 5.91 Å². The third kappa shape index (κ3) is 4.18. The van der Waals surface area contributed by atoms with E-state index < -0.39 is 0 Å². The number of nitrogens with one attached hydrogen (secondary N) is 1. The number of likely N-dealkylation sites (tertiary alicyclic amines) is 1. The van der Waals surface area contributed by atoms with E-state index in [-0.39, 0.29) is 11.9 Å². The molecule has 1 aromatic rings. The molecule has 3 nitrogen and oxygen atoms in total. The Morgan fingerprint density at radius 2 is 1.71 bits per heavy atom. The van der Waals surface area contributed by atoms with Crippen molar-refractivity contribution in [3.05, 3.63) is 29.3 Å². The van der Waals surface area contributed by atoms with Gasteiger partial charge in [-0.05, 0) is 57.1 Å². The Morgan fingerprint density at radius 3 is 2.25 bits per heavy atom. The monoisotopic (exact) mass is 331 g/mol. The predicted octanol–water partition coefficient (Wildman–Crippen LogP) is 4.82. The minimum Gasteiger partial charge on any atom is -0.320 e. The van der Waals surface area contributed by atoms with Crippen molar-refractivity contribution < 1.29 is 9.28 Å². The van der Waals surface area contributed by atoms with Gasteiger partial charge < -0.3 is 9.80 Å². The molecular weight excluding hydrogens is 296 g/mol. The van der Waals surface area contributed by atoms with Gasteiger partial charge in [-0.3, -0.25) is 4.79 Å². The highest BCUT2D eigenvalue weighted by molar-refractivity contribution is 5.95. The van der Waals surface area contributed by atoms with Gasteiger partial charge in [0.2, 0.25) is 0 Å². The molecule has 0 bridgehead atoms. The van der Waals surface area contributed by atoms with Crippen molar-refractivity contribution >= 4 is 11.6 Å². The first kappa shape index (κ1) is 19.0. The zero-order valence-corrected chi connectivity index (χ0v) is 16.0. The number of carbonyl (C=O) groups is 1. The van der Waals surface area contributed by atoms with Crippen molar-refractivity contribution in [2.45, 2.75) is 72.3 Å². The molecule has 0 aromatic heterocycles. The lowest BCUT2D eigenvalue weighted by Gasteiger charge is -2.46. The number of anilines is 1. The van der Waals surface area contributed by atoms with Crippen LogP contribution in [-0.2, 0) is 4.79 Å². The van der Waals surface area contributed by atoms with Gasteiger partial charge in [-0.1, -0.05) is 32.0 Å². The predicted molar refractivity (Wildman–Crippen MR) is 102 cm³/mol. The van der Waals surface area contributed by atoms with Crippen LogP contribution in [-0.4, -0.2) is 36.1 Å². The van der Waals surface area contributed by atoms with Gasteiger partial charge in [-0.25, -0.2) is 0 Å². The zero-order chi connectivity index (χ0) is 17.6. The maximum absolute atomic E-state index is 13.3. The van der Waals surface area contributed by atoms with Crippen molar-refractivity contribution in [3.8, 4) is 0 Å². The fourth-order valence-corrected chi connectivity index (χ4v) is 4.42. The van der Waals surface area contributed by atoms with Crippen LogP contribution in [0, 0.1) is 13.8 Å². The van der Waals surface area contributed by atoms with E-state index in [2.05, 4.69) is 51.2 Å². The molecule has 1 unspecified atom stereocenters. The van der Waals surface area contributed by atoms with Gasteiger partial charge >= 0.3 is 0 Å². The minimum absolute atomic E-state index is 0.0919. The fourth-order valence-electron chi connectivity index (χ4n) is 4.42. The number of rotatable bonds is 7. The summed E-state index contributed by atoms with van der Waals surface area (Å²) >= 11 is 0. The van der Waals surface area contributed by atoms with Crippen molar-refractivity contribution in [1.82, 2.24) is 0 Å². The van der Waals surface area contributed by atoms with Crippen molar-refractivity contribution in [2.24, 2.45) is 0 Å². The van der Waals surface area contributed by atoms with Gasteiger partial charge in [-0.2, -0.15) is 0 Å². The van der Waals surface area contributed by atoms with Crippen LogP contribution < -0.4 is 5.32 Å². The van der Waals surface area contributed by atoms with E-state index >= 15 is 0 Å². The van der Waals surface area contributed by atoms with Crippen LogP contribution in [0.5, 0.6) is 0 Å². The second-order valence-electron chi connectivity index (χ2n) is 7.51. The van der Waals surface area contributed by atoms with E-state index in [9.17, 15) is 4.79 Å². The third-order valence-electron chi connectivity index (χ3n) is 5.63. The number of aryl methyl sites for hydroxylation is 2. The molecule has 0 aliphatic carbocycles. The number of benzene rings is 1. The number of hydrogen-bond donors (Lipinski definition) is 1. The number of piperidine rings is 1. The van der Waals surface area contributed by atoms with E-state index in [0.717, 1.165) is 47.1 Å². The summed E-state index contributed by atoms with van der Waals surface area (Å²) in [7, 11) is 0. The molecule has 1 heterocycles. The van der Waals surface area contributed by atoms with E-state index in [4.69, 9.17) is 0 Å². The Morgan fingerprint density at radius 1 is 1.08 bits per heavy atom. The Kier molecular flexibility index (Phi) is 6.85. The normalized spacial score (nSPS) is 18.2. The molecular formula is C21H35N2O+. The third-order valence-corrected chi connectivity index (χ3v) is 5.63. The highest BCUT2D eigenvalue weighted by atomic mass is 16.2. The number of amides is 1. The molecule has 0 saturated carbocycles. The highest BCUT2D eigenvalue weighted by Gasteiger charge is 2.41.